The Hall–Kier alpha value is -5.39. The van der Waals surface area contributed by atoms with E-state index in [-0.39, 0.29) is 49.8 Å². The minimum atomic E-state index is -5.24. The smallest absolute Gasteiger partial charge is 0.446 e. The van der Waals surface area contributed by atoms with Crippen molar-refractivity contribution in [2.45, 2.75) is 87.6 Å². The first-order chi connectivity index (χ1) is 33.9. The Bertz CT molecular complexity index is 3330. The summed E-state index contributed by atoms with van der Waals surface area (Å²) < 4.78 is 218. The number of hydrogen-bond acceptors (Lipinski definition) is 12. The van der Waals surface area contributed by atoms with Gasteiger partial charge in [0.1, 0.15) is 37.0 Å². The fourth-order valence-corrected chi connectivity index (χ4v) is 10.3. The number of hydrogen-bond donors (Lipinski definition) is 3. The van der Waals surface area contributed by atoms with Crippen LogP contribution in [0.3, 0.4) is 0 Å². The lowest BCUT2D eigenvalue weighted by atomic mass is 9.93. The Morgan fingerprint density at radius 2 is 1.59 bits per heavy atom. The molecule has 2 amide bonds. The van der Waals surface area contributed by atoms with Crippen LogP contribution in [0.1, 0.15) is 72.6 Å². The number of fused-ring (bicyclic) bond motifs is 4. The minimum absolute atomic E-state index is 0.00662. The summed E-state index contributed by atoms with van der Waals surface area (Å²) in [4.78, 5) is 50.2. The number of amides is 2. The third-order valence-electron chi connectivity index (χ3n) is 12.2. The van der Waals surface area contributed by atoms with Crippen molar-refractivity contribution in [3.63, 3.8) is 0 Å². The number of alkyl halides is 8. The maximum atomic E-state index is 15.6. The number of aromatic nitrogens is 5. The topological polar surface area (TPSA) is 242 Å². The number of carbonyl (C=O) groups is 2. The van der Waals surface area contributed by atoms with Gasteiger partial charge in [0.25, 0.3) is 5.92 Å². The van der Waals surface area contributed by atoms with Gasteiger partial charge in [-0.05, 0) is 75.3 Å². The average Bonchev–Trinajstić information content (AvgIpc) is 3.75. The molecule has 2 aliphatic carbocycles. The number of nitrogens with zero attached hydrogens (tertiary/aromatic N) is 6. The molecule has 3 atom stereocenters. The largest absolute Gasteiger partial charge is 0.469 e. The number of sulfonamides is 1. The van der Waals surface area contributed by atoms with Crippen LogP contribution in [-0.2, 0) is 76.5 Å². The van der Waals surface area contributed by atoms with Crippen molar-refractivity contribution >= 4 is 68.0 Å². The van der Waals surface area contributed by atoms with Crippen molar-refractivity contribution in [1.82, 2.24) is 29.9 Å². The van der Waals surface area contributed by atoms with Crippen LogP contribution in [0, 0.1) is 17.6 Å². The highest BCUT2D eigenvalue weighted by molar-refractivity contribution is 7.92. The van der Waals surface area contributed by atoms with Crippen LogP contribution in [0.2, 0.25) is 5.02 Å². The predicted molar refractivity (Wildman–Crippen MR) is 241 cm³/mol. The number of carbonyl (C=O) groups excluding carboxylic acids is 2. The predicted octanol–water partition coefficient (Wildman–Crippen LogP) is 7.88. The van der Waals surface area contributed by atoms with Gasteiger partial charge in [-0.3, -0.25) is 23.7 Å². The number of pyridine rings is 1. The Morgan fingerprint density at radius 1 is 0.959 bits per heavy atom. The van der Waals surface area contributed by atoms with E-state index in [1.54, 1.807) is 0 Å². The summed E-state index contributed by atoms with van der Waals surface area (Å²) in [5.74, 6) is -11.4. The molecule has 7 rings (SSSR count). The van der Waals surface area contributed by atoms with E-state index >= 15 is 8.78 Å². The molecule has 1 unspecified atom stereocenters. The van der Waals surface area contributed by atoms with E-state index in [1.165, 1.54) is 26.0 Å². The van der Waals surface area contributed by atoms with Gasteiger partial charge in [0.05, 0.1) is 45.3 Å². The summed E-state index contributed by atoms with van der Waals surface area (Å²) in [5.41, 5.74) is -5.72. The molecule has 0 aliphatic heterocycles. The molecule has 18 nitrogen and oxygen atoms in total. The van der Waals surface area contributed by atoms with E-state index in [0.717, 1.165) is 30.5 Å². The lowest BCUT2D eigenvalue weighted by Crippen LogP contribution is -2.37. The molecule has 1 fully saturated rings. The third kappa shape index (κ3) is 12.0. The van der Waals surface area contributed by atoms with Crippen molar-refractivity contribution in [1.29, 1.82) is 0 Å². The molecule has 3 heterocycles. The molecule has 0 radical (unpaired) electrons. The van der Waals surface area contributed by atoms with Gasteiger partial charge >= 0.3 is 26.3 Å². The van der Waals surface area contributed by atoms with Crippen LogP contribution < -0.4 is 9.62 Å². The quantitative estimate of drug-likeness (QED) is 0.0430. The van der Waals surface area contributed by atoms with Gasteiger partial charge in [0, 0.05) is 40.6 Å². The van der Waals surface area contributed by atoms with Gasteiger partial charge < -0.3 is 19.8 Å². The van der Waals surface area contributed by atoms with Crippen molar-refractivity contribution in [2.75, 3.05) is 30.0 Å². The summed E-state index contributed by atoms with van der Waals surface area (Å²) in [6, 6.07) is 4.81. The first-order valence-corrected chi connectivity index (χ1v) is 27.2. The number of rotatable bonds is 18. The van der Waals surface area contributed by atoms with Crippen LogP contribution >= 0.6 is 19.4 Å². The highest BCUT2D eigenvalue weighted by Crippen LogP contribution is 2.68. The number of ether oxygens (including phenoxy) is 1. The Balaban J connectivity index is 1.44. The third-order valence-corrected chi connectivity index (χ3v) is 16.2. The number of sulfone groups is 1. The zero-order chi connectivity index (χ0) is 55.1. The van der Waals surface area contributed by atoms with Crippen molar-refractivity contribution in [3.05, 3.63) is 93.0 Å². The van der Waals surface area contributed by atoms with Gasteiger partial charge in [-0.15, -0.1) is 0 Å². The van der Waals surface area contributed by atoms with E-state index < -0.39 is 175 Å². The second-order valence-corrected chi connectivity index (χ2v) is 24.2. The van der Waals surface area contributed by atoms with Crippen molar-refractivity contribution < 1.29 is 93.9 Å². The number of benzene rings is 2. The van der Waals surface area contributed by atoms with E-state index in [0.29, 0.717) is 12.3 Å². The summed E-state index contributed by atoms with van der Waals surface area (Å²) in [7, 11) is -13.9. The van der Waals surface area contributed by atoms with Crippen LogP contribution in [0.25, 0.3) is 22.0 Å². The molecule has 404 valence electrons. The lowest BCUT2D eigenvalue weighted by molar-refractivity contribution is -0.143. The van der Waals surface area contributed by atoms with E-state index in [2.05, 4.69) is 25.0 Å². The maximum Gasteiger partial charge on any atom is 0.469 e. The van der Waals surface area contributed by atoms with Crippen LogP contribution in [0.4, 0.5) is 54.5 Å². The maximum absolute atomic E-state index is 15.6. The van der Waals surface area contributed by atoms with Crippen molar-refractivity contribution in [2.24, 2.45) is 5.92 Å². The first kappa shape index (κ1) is 56.3. The summed E-state index contributed by atoms with van der Waals surface area (Å²) in [5, 5.41) is 8.35. The minimum Gasteiger partial charge on any atom is -0.446 e. The standard InChI is InChI=1S/C42H41ClF10N7O11PS2/c1-39(2,73(3,66)67)10-9-23-5-6-24(25-7-8-28(43)32-34(25)59(19-40(46,47)48)57-37(32)60(74(4,68)69)38(62)70-11-12-71-72(63,64)65)33(54-23)29(15-20-13-21(44)16-22(45)14-20)55-30(61)18-58-36-31(35(56-58)42(51,52)53)26-17-27(26)41(36,49)50/h5-8,13-14,16,26-27,29H,9-12,15,17-19H2,1-4H3,(H,55,61)(H2,63,64,65)/t26-,27?,29-/m0/s1. The molecule has 2 aliphatic rings. The first-order valence-electron chi connectivity index (χ1n) is 21.5. The summed E-state index contributed by atoms with van der Waals surface area (Å²) >= 11 is 6.58. The molecule has 0 saturated heterocycles. The molecular weight excluding hydrogens is 1100 g/mol. The molecule has 3 N–H and O–H groups in total. The lowest BCUT2D eigenvalue weighted by Gasteiger charge is -2.25. The fourth-order valence-electron chi connectivity index (χ4n) is 8.54. The zero-order valence-corrected chi connectivity index (χ0v) is 41.9. The van der Waals surface area contributed by atoms with E-state index in [1.807, 2.05) is 0 Å². The van der Waals surface area contributed by atoms with Gasteiger partial charge in [-0.2, -0.15) is 49.6 Å². The Labute approximate surface area is 418 Å². The van der Waals surface area contributed by atoms with Crippen LogP contribution in [0.5, 0.6) is 0 Å². The number of phosphoric ester groups is 1. The van der Waals surface area contributed by atoms with E-state index in [9.17, 15) is 66.1 Å². The monoisotopic (exact) mass is 1140 g/mol. The summed E-state index contributed by atoms with van der Waals surface area (Å²) in [6.45, 7) is -2.64. The number of phosphoric acid groups is 1. The van der Waals surface area contributed by atoms with Crippen LogP contribution in [0.15, 0.2) is 42.5 Å². The summed E-state index contributed by atoms with van der Waals surface area (Å²) in [6.07, 6.45) is -12.3. The van der Waals surface area contributed by atoms with Gasteiger partial charge in [0.2, 0.25) is 15.9 Å². The number of halogens is 11. The molecule has 2 aromatic carbocycles. The molecule has 32 heteroatoms. The molecule has 1 saturated carbocycles. The number of nitrogens with one attached hydrogen (secondary N) is 1. The van der Waals surface area contributed by atoms with Crippen molar-refractivity contribution in [3.8, 4) is 11.1 Å². The second kappa shape index (κ2) is 19.6. The Kier molecular flexibility index (Phi) is 14.9. The molecule has 3 aromatic heterocycles. The molecule has 0 bridgehead atoms. The van der Waals surface area contributed by atoms with Gasteiger partial charge in [0.15, 0.2) is 21.3 Å². The molecule has 74 heavy (non-hydrogen) atoms. The highest BCUT2D eigenvalue weighted by atomic mass is 35.5. The average molecular weight is 1140 g/mol. The highest BCUT2D eigenvalue weighted by Gasteiger charge is 2.68. The van der Waals surface area contributed by atoms with Gasteiger partial charge in [-0.25, -0.2) is 35.0 Å². The molecule has 5 aromatic rings. The zero-order valence-electron chi connectivity index (χ0n) is 38.6. The van der Waals surface area contributed by atoms with E-state index in [4.69, 9.17) is 26.1 Å². The molecule has 0 spiro atoms. The fraction of sp³-hybridized carbons (Fsp3) is 0.452. The number of aryl methyl sites for hydroxylation is 1. The van der Waals surface area contributed by atoms with Gasteiger partial charge in [-0.1, -0.05) is 23.7 Å². The normalized spacial score (nSPS) is 17.3. The van der Waals surface area contributed by atoms with Crippen LogP contribution in [-0.4, -0.2) is 99.8 Å². The second-order valence-electron chi connectivity index (χ2n) is 18.1. The SMILES string of the molecule is CC(C)(CCc1ccc(-c2ccc(Cl)c3c(N(C(=O)OCCOP(=O)(O)O)S(C)(=O)=O)nn(CC(F)(F)F)c23)c([C@H](Cc2cc(F)cc(F)c2)NC(=O)Cn2nc(C(F)(F)F)c3c2C(F)(F)C2C[C@H]32)n1)S(C)(=O)=O. The number of anilines is 1. The molecular formula is C42H41ClF10N7O11PS2. The Morgan fingerprint density at radius 3 is 2.18 bits per heavy atom.